The summed E-state index contributed by atoms with van der Waals surface area (Å²) in [7, 11) is 0. The van der Waals surface area contributed by atoms with Crippen LogP contribution in [0.4, 0.5) is 0 Å². The van der Waals surface area contributed by atoms with Gasteiger partial charge in [-0.25, -0.2) is 0 Å². The highest BCUT2D eigenvalue weighted by Gasteiger charge is 1.97. The fourth-order valence-corrected chi connectivity index (χ4v) is 1.14. The summed E-state index contributed by atoms with van der Waals surface area (Å²) in [5.74, 6) is 0.350. The maximum Gasteiger partial charge on any atom is 0.0792 e. The highest BCUT2D eigenvalue weighted by Crippen LogP contribution is 2.10. The zero-order valence-corrected chi connectivity index (χ0v) is 6.64. The Morgan fingerprint density at radius 1 is 1.75 bits per heavy atom. The molecule has 0 saturated heterocycles. The van der Waals surface area contributed by atoms with Crippen LogP contribution in [0.3, 0.4) is 0 Å². The fraction of sp³-hybridized carbons (Fsp3) is 0.800. The van der Waals surface area contributed by atoms with Crippen LogP contribution in [0.2, 0.25) is 0 Å². The Morgan fingerprint density at radius 2 is 2.25 bits per heavy atom. The van der Waals surface area contributed by atoms with Crippen LogP contribution < -0.4 is 0 Å². The molecule has 0 rings (SSSR count). The number of thioether (sulfide) groups is 1. The first-order valence-corrected chi connectivity index (χ1v) is 3.88. The number of nitrogens with one attached hydrogen (secondary N) is 1. The number of halogens is 1. The highest BCUT2D eigenvalue weighted by atomic mass is 35.5. The summed E-state index contributed by atoms with van der Waals surface area (Å²) in [5.41, 5.74) is 0. The minimum Gasteiger partial charge on any atom is -0.297 e. The van der Waals surface area contributed by atoms with Crippen molar-refractivity contribution < 1.29 is 0 Å². The van der Waals surface area contributed by atoms with E-state index in [2.05, 4.69) is 0 Å². The molecule has 1 nitrogen and oxygen atoms in total. The first-order chi connectivity index (χ1) is 3.66. The van der Waals surface area contributed by atoms with Crippen LogP contribution >= 0.6 is 23.4 Å². The molecule has 0 aliphatic rings. The van der Waals surface area contributed by atoms with E-state index < -0.39 is 0 Å². The fourth-order valence-electron chi connectivity index (χ4n) is 0.316. The summed E-state index contributed by atoms with van der Waals surface area (Å²) in [6.45, 7) is 4.09. The molecule has 0 aromatic carbocycles. The zero-order valence-electron chi connectivity index (χ0n) is 5.07. The quantitative estimate of drug-likeness (QED) is 0.366. The van der Waals surface area contributed by atoms with E-state index in [-0.39, 0.29) is 0 Å². The molecule has 3 heteroatoms. The van der Waals surface area contributed by atoms with Crippen molar-refractivity contribution in [1.29, 1.82) is 5.41 Å². The van der Waals surface area contributed by atoms with Crippen molar-refractivity contribution in [3.8, 4) is 0 Å². The van der Waals surface area contributed by atoms with Gasteiger partial charge in [-0.2, -0.15) is 0 Å². The lowest BCUT2D eigenvalue weighted by atomic mass is 10.6. The number of hydrogen-bond donors (Lipinski definition) is 1. The van der Waals surface area contributed by atoms with Gasteiger partial charge in [-0.15, -0.1) is 23.4 Å². The van der Waals surface area contributed by atoms with Gasteiger partial charge < -0.3 is 0 Å². The molecule has 0 amide bonds. The van der Waals surface area contributed by atoms with Gasteiger partial charge in [0, 0.05) is 5.25 Å². The van der Waals surface area contributed by atoms with E-state index in [1.165, 1.54) is 11.8 Å². The topological polar surface area (TPSA) is 23.9 Å². The van der Waals surface area contributed by atoms with E-state index in [0.717, 1.165) is 0 Å². The van der Waals surface area contributed by atoms with Crippen LogP contribution in [-0.2, 0) is 0 Å². The summed E-state index contributed by atoms with van der Waals surface area (Å²) in [4.78, 5) is 0. The van der Waals surface area contributed by atoms with E-state index in [0.29, 0.717) is 16.2 Å². The summed E-state index contributed by atoms with van der Waals surface area (Å²) in [6.07, 6.45) is 0. The maximum absolute atomic E-state index is 7.10. The van der Waals surface area contributed by atoms with E-state index in [4.69, 9.17) is 17.0 Å². The standard InChI is InChI=1S/C5H10ClNS/c1-4(2)8-5(7)3-6/h4,7H,3H2,1-2H3. The third kappa shape index (κ3) is 4.47. The molecule has 0 heterocycles. The molecule has 1 N–H and O–H groups in total. The number of hydrogen-bond acceptors (Lipinski definition) is 2. The molecule has 0 aliphatic heterocycles. The number of rotatable bonds is 2. The normalized spacial score (nSPS) is 10.0. The molecule has 0 bridgehead atoms. The van der Waals surface area contributed by atoms with E-state index in [1.807, 2.05) is 13.8 Å². The van der Waals surface area contributed by atoms with Crippen LogP contribution in [0.15, 0.2) is 0 Å². The average molecular weight is 152 g/mol. The molecule has 0 aliphatic carbocycles. The van der Waals surface area contributed by atoms with Crippen LogP contribution in [0.1, 0.15) is 13.8 Å². The molecule has 0 atom stereocenters. The second-order valence-corrected chi connectivity index (χ2v) is 3.66. The van der Waals surface area contributed by atoms with Crippen molar-refractivity contribution in [1.82, 2.24) is 0 Å². The monoisotopic (exact) mass is 151 g/mol. The van der Waals surface area contributed by atoms with Crippen molar-refractivity contribution in [3.05, 3.63) is 0 Å². The summed E-state index contributed by atoms with van der Waals surface area (Å²) >= 11 is 6.86. The SMILES string of the molecule is CC(C)SC(=N)CCl. The Bertz CT molecular complexity index is 82.5. The third-order valence-electron chi connectivity index (χ3n) is 0.499. The molecule has 0 unspecified atom stereocenters. The summed E-state index contributed by atoms with van der Waals surface area (Å²) in [5, 5.41) is 8.14. The van der Waals surface area contributed by atoms with Crippen molar-refractivity contribution >= 4 is 28.4 Å². The first-order valence-electron chi connectivity index (χ1n) is 2.47. The van der Waals surface area contributed by atoms with Gasteiger partial charge in [0.2, 0.25) is 0 Å². The molecule has 0 aromatic heterocycles. The van der Waals surface area contributed by atoms with Gasteiger partial charge in [0.15, 0.2) is 0 Å². The van der Waals surface area contributed by atoms with Gasteiger partial charge in [0.25, 0.3) is 0 Å². The van der Waals surface area contributed by atoms with Crippen LogP contribution in [-0.4, -0.2) is 16.2 Å². The second kappa shape index (κ2) is 4.21. The van der Waals surface area contributed by atoms with E-state index >= 15 is 0 Å². The molecule has 0 fully saturated rings. The molecule has 0 aromatic rings. The Balaban J connectivity index is 3.25. The van der Waals surface area contributed by atoms with Gasteiger partial charge >= 0.3 is 0 Å². The maximum atomic E-state index is 7.10. The number of alkyl halides is 1. The average Bonchev–Trinajstić information content (AvgIpc) is 1.65. The van der Waals surface area contributed by atoms with Gasteiger partial charge in [0.1, 0.15) is 0 Å². The van der Waals surface area contributed by atoms with Crippen molar-refractivity contribution in [2.24, 2.45) is 0 Å². The lowest BCUT2D eigenvalue weighted by molar-refractivity contribution is 1.12. The summed E-state index contributed by atoms with van der Waals surface area (Å²) < 4.78 is 0. The van der Waals surface area contributed by atoms with Crippen molar-refractivity contribution in [3.63, 3.8) is 0 Å². The van der Waals surface area contributed by atoms with E-state index in [1.54, 1.807) is 0 Å². The van der Waals surface area contributed by atoms with Crippen molar-refractivity contribution in [2.45, 2.75) is 19.1 Å². The van der Waals surface area contributed by atoms with Gasteiger partial charge in [0.05, 0.1) is 10.9 Å². The summed E-state index contributed by atoms with van der Waals surface area (Å²) in [6, 6.07) is 0. The Hall–Kier alpha value is 0.310. The van der Waals surface area contributed by atoms with Crippen molar-refractivity contribution in [2.75, 3.05) is 5.88 Å². The Labute approximate surface area is 59.3 Å². The smallest absolute Gasteiger partial charge is 0.0792 e. The Morgan fingerprint density at radius 3 is 2.38 bits per heavy atom. The lowest BCUT2D eigenvalue weighted by Crippen LogP contribution is -1.96. The highest BCUT2D eigenvalue weighted by molar-refractivity contribution is 8.14. The van der Waals surface area contributed by atoms with E-state index in [9.17, 15) is 0 Å². The molecule has 8 heavy (non-hydrogen) atoms. The van der Waals surface area contributed by atoms with Crippen LogP contribution in [0.25, 0.3) is 0 Å². The lowest BCUT2D eigenvalue weighted by Gasteiger charge is -2.00. The predicted octanol–water partition coefficient (Wildman–Crippen LogP) is 2.34. The van der Waals surface area contributed by atoms with Crippen LogP contribution in [0, 0.1) is 5.41 Å². The molecule has 48 valence electrons. The predicted molar refractivity (Wildman–Crippen MR) is 41.2 cm³/mol. The molecular weight excluding hydrogens is 142 g/mol. The first kappa shape index (κ1) is 8.31. The minimum absolute atomic E-state index is 0.350. The third-order valence-corrected chi connectivity index (χ3v) is 1.83. The van der Waals surface area contributed by atoms with Crippen LogP contribution in [0.5, 0.6) is 0 Å². The molecule has 0 saturated carbocycles. The molecule has 0 spiro atoms. The zero-order chi connectivity index (χ0) is 6.57. The molecular formula is C5H10ClNS. The molecule has 0 radical (unpaired) electrons. The Kier molecular flexibility index (Phi) is 4.38. The largest absolute Gasteiger partial charge is 0.297 e. The van der Waals surface area contributed by atoms with Gasteiger partial charge in [-0.1, -0.05) is 13.8 Å². The minimum atomic E-state index is 0.350. The second-order valence-electron chi connectivity index (χ2n) is 1.72. The van der Waals surface area contributed by atoms with Gasteiger partial charge in [-0.05, 0) is 0 Å². The van der Waals surface area contributed by atoms with Gasteiger partial charge in [-0.3, -0.25) is 5.41 Å².